The topological polar surface area (TPSA) is 75.7 Å². The Labute approximate surface area is 129 Å². The van der Waals surface area contributed by atoms with Gasteiger partial charge in [0.15, 0.2) is 0 Å². The molecule has 1 N–H and O–H groups in total. The lowest BCUT2D eigenvalue weighted by atomic mass is 10.2. The van der Waals surface area contributed by atoms with Gasteiger partial charge in [0.1, 0.15) is 0 Å². The summed E-state index contributed by atoms with van der Waals surface area (Å²) in [5.74, 6) is -0.817. The number of ether oxygens (including phenoxy) is 1. The second-order valence-corrected chi connectivity index (χ2v) is 4.62. The van der Waals surface area contributed by atoms with Gasteiger partial charge in [-0.2, -0.15) is 0 Å². The van der Waals surface area contributed by atoms with Crippen LogP contribution >= 0.6 is 0 Å². The molecule has 1 rings (SSSR count). The standard InChI is InChI=1S/C16H20N2O4/c1-4-9-18(12(2)19)10-8-15(20)17-14-7-5-6-13(11-14)16(21)22-3/h4-7,11H,1,8-10H2,2-3H3,(H,17,20). The van der Waals surface area contributed by atoms with E-state index >= 15 is 0 Å². The first-order valence-corrected chi connectivity index (χ1v) is 6.82. The maximum Gasteiger partial charge on any atom is 0.337 e. The Morgan fingerprint density at radius 3 is 2.68 bits per heavy atom. The van der Waals surface area contributed by atoms with Crippen LogP contribution in [0.3, 0.4) is 0 Å². The summed E-state index contributed by atoms with van der Waals surface area (Å²) in [6.45, 7) is 5.73. The molecule has 22 heavy (non-hydrogen) atoms. The molecule has 6 heteroatoms. The lowest BCUT2D eigenvalue weighted by molar-refractivity contribution is -0.128. The minimum atomic E-state index is -0.468. The SMILES string of the molecule is C=CCN(CCC(=O)Nc1cccc(C(=O)OC)c1)C(C)=O. The van der Waals surface area contributed by atoms with E-state index in [2.05, 4.69) is 16.6 Å². The van der Waals surface area contributed by atoms with Crippen molar-refractivity contribution in [3.63, 3.8) is 0 Å². The fourth-order valence-electron chi connectivity index (χ4n) is 1.83. The number of carbonyl (C=O) groups is 3. The number of anilines is 1. The zero-order valence-electron chi connectivity index (χ0n) is 12.8. The van der Waals surface area contributed by atoms with Crippen LogP contribution in [0.1, 0.15) is 23.7 Å². The van der Waals surface area contributed by atoms with E-state index < -0.39 is 5.97 Å². The number of methoxy groups -OCH3 is 1. The lowest BCUT2D eigenvalue weighted by Crippen LogP contribution is -2.32. The Morgan fingerprint density at radius 2 is 2.09 bits per heavy atom. The van der Waals surface area contributed by atoms with Crippen molar-refractivity contribution in [3.05, 3.63) is 42.5 Å². The Hall–Kier alpha value is -2.63. The molecule has 0 spiro atoms. The molecule has 0 unspecified atom stereocenters. The predicted molar refractivity (Wildman–Crippen MR) is 83.5 cm³/mol. The molecule has 1 aromatic carbocycles. The van der Waals surface area contributed by atoms with E-state index in [1.165, 1.54) is 25.0 Å². The summed E-state index contributed by atoms with van der Waals surface area (Å²) < 4.78 is 4.62. The summed E-state index contributed by atoms with van der Waals surface area (Å²) in [5.41, 5.74) is 0.864. The van der Waals surface area contributed by atoms with Gasteiger partial charge in [-0.25, -0.2) is 4.79 Å². The maximum absolute atomic E-state index is 11.9. The molecule has 2 amide bonds. The highest BCUT2D eigenvalue weighted by Gasteiger charge is 2.11. The van der Waals surface area contributed by atoms with Gasteiger partial charge >= 0.3 is 5.97 Å². The summed E-state index contributed by atoms with van der Waals surface area (Å²) in [6, 6.07) is 6.47. The van der Waals surface area contributed by atoms with Gasteiger partial charge in [-0.05, 0) is 18.2 Å². The van der Waals surface area contributed by atoms with Gasteiger partial charge in [-0.15, -0.1) is 6.58 Å². The summed E-state index contributed by atoms with van der Waals surface area (Å²) in [4.78, 5) is 36.2. The van der Waals surface area contributed by atoms with Crippen molar-refractivity contribution in [3.8, 4) is 0 Å². The van der Waals surface area contributed by atoms with Crippen molar-refractivity contribution in [2.75, 3.05) is 25.5 Å². The maximum atomic E-state index is 11.9. The highest BCUT2D eigenvalue weighted by molar-refractivity contribution is 5.94. The van der Waals surface area contributed by atoms with E-state index in [-0.39, 0.29) is 18.2 Å². The van der Waals surface area contributed by atoms with Gasteiger partial charge in [0.25, 0.3) is 0 Å². The second-order valence-electron chi connectivity index (χ2n) is 4.62. The van der Waals surface area contributed by atoms with Crippen LogP contribution in [0.15, 0.2) is 36.9 Å². The monoisotopic (exact) mass is 304 g/mol. The molecule has 0 aliphatic heterocycles. The normalized spacial score (nSPS) is 9.73. The van der Waals surface area contributed by atoms with E-state index in [1.54, 1.807) is 24.3 Å². The molecule has 0 atom stereocenters. The number of rotatable bonds is 7. The fourth-order valence-corrected chi connectivity index (χ4v) is 1.83. The molecule has 0 fully saturated rings. The molecule has 0 saturated heterocycles. The number of nitrogens with zero attached hydrogens (tertiary/aromatic N) is 1. The van der Waals surface area contributed by atoms with Gasteiger partial charge in [-0.1, -0.05) is 12.1 Å². The summed E-state index contributed by atoms with van der Waals surface area (Å²) in [6.07, 6.45) is 1.77. The molecule has 0 radical (unpaired) electrons. The van der Waals surface area contributed by atoms with Gasteiger partial charge in [-0.3, -0.25) is 9.59 Å². The van der Waals surface area contributed by atoms with Crippen LogP contribution in [-0.2, 0) is 14.3 Å². The number of hydrogen-bond donors (Lipinski definition) is 1. The zero-order chi connectivity index (χ0) is 16.5. The molecular formula is C16H20N2O4. The smallest absolute Gasteiger partial charge is 0.337 e. The molecule has 118 valence electrons. The van der Waals surface area contributed by atoms with Crippen LogP contribution in [0, 0.1) is 0 Å². The fraction of sp³-hybridized carbons (Fsp3) is 0.312. The first-order valence-electron chi connectivity index (χ1n) is 6.82. The third-order valence-electron chi connectivity index (χ3n) is 2.97. The average molecular weight is 304 g/mol. The van der Waals surface area contributed by atoms with E-state index in [0.29, 0.717) is 24.3 Å². The number of amides is 2. The van der Waals surface area contributed by atoms with E-state index in [1.807, 2.05) is 0 Å². The second kappa shape index (κ2) is 8.61. The van der Waals surface area contributed by atoms with Crippen molar-refractivity contribution in [2.24, 2.45) is 0 Å². The van der Waals surface area contributed by atoms with Crippen molar-refractivity contribution in [1.29, 1.82) is 0 Å². The van der Waals surface area contributed by atoms with Crippen LogP contribution < -0.4 is 5.32 Å². The van der Waals surface area contributed by atoms with E-state index in [4.69, 9.17) is 0 Å². The largest absolute Gasteiger partial charge is 0.465 e. The Bertz CT molecular complexity index is 569. The molecule has 0 bridgehead atoms. The molecule has 0 aliphatic rings. The first-order chi connectivity index (χ1) is 10.5. The molecule has 6 nitrogen and oxygen atoms in total. The minimum Gasteiger partial charge on any atom is -0.465 e. The molecule has 1 aromatic rings. The average Bonchev–Trinajstić information content (AvgIpc) is 2.50. The Kier molecular flexibility index (Phi) is 6.82. The highest BCUT2D eigenvalue weighted by Crippen LogP contribution is 2.12. The zero-order valence-corrected chi connectivity index (χ0v) is 12.8. The van der Waals surface area contributed by atoms with E-state index in [9.17, 15) is 14.4 Å². The third-order valence-corrected chi connectivity index (χ3v) is 2.97. The number of hydrogen-bond acceptors (Lipinski definition) is 4. The highest BCUT2D eigenvalue weighted by atomic mass is 16.5. The van der Waals surface area contributed by atoms with Crippen molar-refractivity contribution < 1.29 is 19.1 Å². The van der Waals surface area contributed by atoms with Crippen molar-refractivity contribution in [2.45, 2.75) is 13.3 Å². The summed E-state index contributed by atoms with van der Waals surface area (Å²) in [5, 5.41) is 2.69. The Balaban J connectivity index is 2.60. The lowest BCUT2D eigenvalue weighted by Gasteiger charge is -2.18. The third kappa shape index (κ3) is 5.40. The first kappa shape index (κ1) is 17.4. The summed E-state index contributed by atoms with van der Waals surface area (Å²) in [7, 11) is 1.30. The van der Waals surface area contributed by atoms with Crippen LogP contribution in [0.2, 0.25) is 0 Å². The number of carbonyl (C=O) groups excluding carboxylic acids is 3. The van der Waals surface area contributed by atoms with Crippen LogP contribution in [0.25, 0.3) is 0 Å². The van der Waals surface area contributed by atoms with Gasteiger partial charge in [0.05, 0.1) is 12.7 Å². The molecule has 0 aliphatic carbocycles. The van der Waals surface area contributed by atoms with Gasteiger partial charge < -0.3 is 15.0 Å². The molecule has 0 saturated carbocycles. The number of benzene rings is 1. The number of esters is 1. The quantitative estimate of drug-likeness (QED) is 0.616. The van der Waals surface area contributed by atoms with Gasteiger partial charge in [0, 0.05) is 32.1 Å². The van der Waals surface area contributed by atoms with Crippen LogP contribution in [-0.4, -0.2) is 42.9 Å². The number of nitrogens with one attached hydrogen (secondary N) is 1. The Morgan fingerprint density at radius 1 is 1.36 bits per heavy atom. The molecule has 0 heterocycles. The van der Waals surface area contributed by atoms with Crippen molar-refractivity contribution >= 4 is 23.5 Å². The molecular weight excluding hydrogens is 284 g/mol. The van der Waals surface area contributed by atoms with E-state index in [0.717, 1.165) is 0 Å². The minimum absolute atomic E-state index is 0.111. The van der Waals surface area contributed by atoms with Crippen molar-refractivity contribution in [1.82, 2.24) is 4.90 Å². The van der Waals surface area contributed by atoms with Crippen LogP contribution in [0.5, 0.6) is 0 Å². The van der Waals surface area contributed by atoms with Gasteiger partial charge in [0.2, 0.25) is 11.8 Å². The predicted octanol–water partition coefficient (Wildman–Crippen LogP) is 1.84. The van der Waals surface area contributed by atoms with Crippen LogP contribution in [0.4, 0.5) is 5.69 Å². The molecule has 0 aromatic heterocycles. The summed E-state index contributed by atoms with van der Waals surface area (Å²) >= 11 is 0.